The Morgan fingerprint density at radius 1 is 0.465 bits per heavy atom. The zero-order chi connectivity index (χ0) is 32.0. The standard InChI is InChI=1S/C36H68O7/c1-2-3-4-5-6-7-8-9-10-11-12-13-14-15-16-17-18-19-20-21-22-23-24-25-26-27-28-29-30-32(34(39)40)36(43,35(41)42)31-33(37)38/h32,43H,2-31H2,1H3,(H,37,38)(H,39,40)(H,41,42). The van der Waals surface area contributed by atoms with Gasteiger partial charge in [0.05, 0.1) is 12.3 Å². The summed E-state index contributed by atoms with van der Waals surface area (Å²) >= 11 is 0. The molecule has 2 unspecified atom stereocenters. The second-order valence-electron chi connectivity index (χ2n) is 13.0. The van der Waals surface area contributed by atoms with E-state index < -0.39 is 35.8 Å². The van der Waals surface area contributed by atoms with E-state index in [1.54, 1.807) is 0 Å². The first kappa shape index (κ1) is 41.4. The molecule has 0 aromatic heterocycles. The Bertz CT molecular complexity index is 681. The van der Waals surface area contributed by atoms with E-state index in [1.807, 2.05) is 0 Å². The second-order valence-corrected chi connectivity index (χ2v) is 13.0. The molecule has 7 nitrogen and oxygen atoms in total. The minimum absolute atomic E-state index is 0.0507. The zero-order valence-corrected chi connectivity index (χ0v) is 27.8. The third-order valence-corrected chi connectivity index (χ3v) is 9.01. The number of aliphatic carboxylic acids is 3. The van der Waals surface area contributed by atoms with Crippen molar-refractivity contribution in [3.8, 4) is 0 Å². The van der Waals surface area contributed by atoms with Crippen LogP contribution in [0.2, 0.25) is 0 Å². The lowest BCUT2D eigenvalue weighted by atomic mass is 9.81. The SMILES string of the molecule is CCCCCCCCCCCCCCCCCCCCCCCCCCCCCCC(C(=O)O)C(O)(CC(=O)O)C(=O)O. The Morgan fingerprint density at radius 3 is 0.930 bits per heavy atom. The van der Waals surface area contributed by atoms with E-state index in [-0.39, 0.29) is 6.42 Å². The predicted molar refractivity (Wildman–Crippen MR) is 176 cm³/mol. The molecule has 254 valence electrons. The Hall–Kier alpha value is -1.63. The number of aliphatic hydroxyl groups is 1. The summed E-state index contributed by atoms with van der Waals surface area (Å²) in [6.07, 6.45) is 35.0. The van der Waals surface area contributed by atoms with Gasteiger partial charge in [-0.25, -0.2) is 4.79 Å². The van der Waals surface area contributed by atoms with Gasteiger partial charge >= 0.3 is 17.9 Å². The summed E-state index contributed by atoms with van der Waals surface area (Å²) in [5, 5.41) is 37.7. The molecule has 0 saturated heterocycles. The molecule has 0 fully saturated rings. The van der Waals surface area contributed by atoms with Gasteiger partial charge in [-0.3, -0.25) is 9.59 Å². The first-order valence-electron chi connectivity index (χ1n) is 18.2. The summed E-state index contributed by atoms with van der Waals surface area (Å²) in [4.78, 5) is 33.8. The summed E-state index contributed by atoms with van der Waals surface area (Å²) in [5.41, 5.74) is -2.79. The number of carboxylic acids is 3. The third-order valence-electron chi connectivity index (χ3n) is 9.01. The van der Waals surface area contributed by atoms with Gasteiger partial charge in [-0.05, 0) is 6.42 Å². The highest BCUT2D eigenvalue weighted by atomic mass is 16.4. The molecule has 2 atom stereocenters. The maximum Gasteiger partial charge on any atom is 0.337 e. The lowest BCUT2D eigenvalue weighted by Gasteiger charge is -2.28. The van der Waals surface area contributed by atoms with Crippen LogP contribution in [0.5, 0.6) is 0 Å². The van der Waals surface area contributed by atoms with Crippen molar-refractivity contribution in [3.63, 3.8) is 0 Å². The number of carbonyl (C=O) groups is 3. The summed E-state index contributed by atoms with van der Waals surface area (Å²) in [7, 11) is 0. The molecule has 7 heteroatoms. The summed E-state index contributed by atoms with van der Waals surface area (Å²) in [6.45, 7) is 2.28. The van der Waals surface area contributed by atoms with Crippen LogP contribution >= 0.6 is 0 Å². The van der Waals surface area contributed by atoms with Gasteiger partial charge in [-0.15, -0.1) is 0 Å². The van der Waals surface area contributed by atoms with Gasteiger partial charge in [0.1, 0.15) is 0 Å². The van der Waals surface area contributed by atoms with Crippen LogP contribution in [0.4, 0.5) is 0 Å². The van der Waals surface area contributed by atoms with Gasteiger partial charge in [0.25, 0.3) is 0 Å². The number of carboxylic acid groups (broad SMARTS) is 3. The second kappa shape index (κ2) is 29.1. The van der Waals surface area contributed by atoms with Crippen molar-refractivity contribution in [1.82, 2.24) is 0 Å². The van der Waals surface area contributed by atoms with E-state index in [9.17, 15) is 29.7 Å². The molecule has 0 saturated carbocycles. The van der Waals surface area contributed by atoms with Gasteiger partial charge in [0, 0.05) is 0 Å². The zero-order valence-electron chi connectivity index (χ0n) is 27.8. The highest BCUT2D eigenvalue weighted by Crippen LogP contribution is 2.28. The normalized spacial score (nSPS) is 13.5. The molecule has 0 aliphatic carbocycles. The third kappa shape index (κ3) is 24.4. The summed E-state index contributed by atoms with van der Waals surface area (Å²) in [5.74, 6) is -6.45. The molecule has 0 bridgehead atoms. The molecule has 0 aliphatic rings. The molecule has 0 aliphatic heterocycles. The quantitative estimate of drug-likeness (QED) is 0.0531. The van der Waals surface area contributed by atoms with Gasteiger partial charge in [-0.2, -0.15) is 0 Å². The minimum atomic E-state index is -2.79. The van der Waals surface area contributed by atoms with Crippen LogP contribution in [-0.4, -0.2) is 43.9 Å². The van der Waals surface area contributed by atoms with Crippen LogP contribution in [0.1, 0.15) is 200 Å². The van der Waals surface area contributed by atoms with Crippen LogP contribution in [0.15, 0.2) is 0 Å². The van der Waals surface area contributed by atoms with Crippen LogP contribution < -0.4 is 0 Å². The number of hydrogen-bond donors (Lipinski definition) is 4. The van der Waals surface area contributed by atoms with Crippen LogP contribution in [0.25, 0.3) is 0 Å². The molecule has 43 heavy (non-hydrogen) atoms. The van der Waals surface area contributed by atoms with Crippen molar-refractivity contribution in [2.24, 2.45) is 5.92 Å². The van der Waals surface area contributed by atoms with Crippen molar-refractivity contribution >= 4 is 17.9 Å². The molecule has 0 spiro atoms. The van der Waals surface area contributed by atoms with Crippen molar-refractivity contribution in [3.05, 3.63) is 0 Å². The predicted octanol–water partition coefficient (Wildman–Crippen LogP) is 10.3. The monoisotopic (exact) mass is 612 g/mol. The van der Waals surface area contributed by atoms with E-state index in [0.717, 1.165) is 25.7 Å². The van der Waals surface area contributed by atoms with Crippen molar-refractivity contribution in [1.29, 1.82) is 0 Å². The Labute approximate surface area is 263 Å². The lowest BCUT2D eigenvalue weighted by molar-refractivity contribution is -0.179. The molecular weight excluding hydrogens is 544 g/mol. The number of unbranched alkanes of at least 4 members (excludes halogenated alkanes) is 27. The van der Waals surface area contributed by atoms with Crippen LogP contribution in [0, 0.1) is 5.92 Å². The van der Waals surface area contributed by atoms with E-state index in [1.165, 1.54) is 148 Å². The molecule has 0 radical (unpaired) electrons. The van der Waals surface area contributed by atoms with Crippen LogP contribution in [-0.2, 0) is 14.4 Å². The average Bonchev–Trinajstić information content (AvgIpc) is 2.95. The van der Waals surface area contributed by atoms with E-state index in [2.05, 4.69) is 6.92 Å². The molecule has 0 rings (SSSR count). The summed E-state index contributed by atoms with van der Waals surface area (Å²) in [6, 6.07) is 0. The molecule has 0 aromatic carbocycles. The Morgan fingerprint density at radius 2 is 0.721 bits per heavy atom. The fraction of sp³-hybridized carbons (Fsp3) is 0.917. The highest BCUT2D eigenvalue weighted by molar-refractivity contribution is 5.89. The van der Waals surface area contributed by atoms with Gasteiger partial charge in [0.2, 0.25) is 0 Å². The van der Waals surface area contributed by atoms with E-state index in [0.29, 0.717) is 6.42 Å². The van der Waals surface area contributed by atoms with Gasteiger partial charge < -0.3 is 20.4 Å². The number of rotatable bonds is 34. The first-order valence-corrected chi connectivity index (χ1v) is 18.2. The van der Waals surface area contributed by atoms with Crippen molar-refractivity contribution in [2.45, 2.75) is 205 Å². The maximum absolute atomic E-state index is 11.5. The number of hydrogen-bond acceptors (Lipinski definition) is 4. The average molecular weight is 613 g/mol. The summed E-state index contributed by atoms with van der Waals surface area (Å²) < 4.78 is 0. The largest absolute Gasteiger partial charge is 0.481 e. The topological polar surface area (TPSA) is 132 Å². The first-order chi connectivity index (χ1) is 20.8. The van der Waals surface area contributed by atoms with E-state index >= 15 is 0 Å². The molecule has 0 amide bonds. The molecule has 4 N–H and O–H groups in total. The molecule has 0 heterocycles. The Balaban J connectivity index is 3.44. The maximum atomic E-state index is 11.5. The highest BCUT2D eigenvalue weighted by Gasteiger charge is 2.49. The smallest absolute Gasteiger partial charge is 0.337 e. The van der Waals surface area contributed by atoms with Gasteiger partial charge in [-0.1, -0.05) is 187 Å². The molecular formula is C36H68O7. The fourth-order valence-corrected chi connectivity index (χ4v) is 6.16. The Kier molecular flexibility index (Phi) is 28.0. The van der Waals surface area contributed by atoms with Crippen molar-refractivity contribution < 1.29 is 34.8 Å². The fourth-order valence-electron chi connectivity index (χ4n) is 6.16. The van der Waals surface area contributed by atoms with Crippen LogP contribution in [0.3, 0.4) is 0 Å². The lowest BCUT2D eigenvalue weighted by Crippen LogP contribution is -2.50. The molecule has 0 aromatic rings. The van der Waals surface area contributed by atoms with E-state index in [4.69, 9.17) is 5.11 Å². The minimum Gasteiger partial charge on any atom is -0.481 e. The van der Waals surface area contributed by atoms with Crippen molar-refractivity contribution in [2.75, 3.05) is 0 Å². The van der Waals surface area contributed by atoms with Gasteiger partial charge in [0.15, 0.2) is 5.60 Å².